The first-order valence-electron chi connectivity index (χ1n) is 11.2. The van der Waals surface area contributed by atoms with Gasteiger partial charge in [0.05, 0.1) is 0 Å². The smallest absolute Gasteiger partial charge is 0.271 e. The monoisotopic (exact) mass is 451 g/mol. The van der Waals surface area contributed by atoms with Gasteiger partial charge in [0.15, 0.2) is 0 Å². The minimum atomic E-state index is -2.81. The van der Waals surface area contributed by atoms with Gasteiger partial charge in [-0.05, 0) is 56.9 Å². The van der Waals surface area contributed by atoms with Gasteiger partial charge in [-0.3, -0.25) is 4.79 Å². The molecule has 1 heterocycles. The molecule has 0 aliphatic heterocycles. The summed E-state index contributed by atoms with van der Waals surface area (Å²) in [5.74, 6) is -1.80. The molecule has 1 saturated carbocycles. The lowest BCUT2D eigenvalue weighted by Crippen LogP contribution is -2.29. The van der Waals surface area contributed by atoms with Gasteiger partial charge in [-0.2, -0.15) is 0 Å². The fraction of sp³-hybridized carbons (Fsp3) is 0.583. The number of halogens is 3. The van der Waals surface area contributed by atoms with Crippen LogP contribution in [0.5, 0.6) is 0 Å². The highest BCUT2D eigenvalue weighted by Gasteiger charge is 2.24. The van der Waals surface area contributed by atoms with E-state index in [1.54, 1.807) is 0 Å². The molecular formula is C24H32ClF2N3O. The van der Waals surface area contributed by atoms with Crippen LogP contribution >= 0.6 is 11.6 Å². The number of aryl methyl sites for hydroxylation is 1. The average molecular weight is 452 g/mol. The van der Waals surface area contributed by atoms with E-state index in [0.29, 0.717) is 16.6 Å². The summed E-state index contributed by atoms with van der Waals surface area (Å²) < 4.78 is 28.3. The standard InChI is InChI=1S/C24H32ClF2N3O/c1-16-15-19(25)9-10-20(16)22-29-21(23(31)28-13-12-24(3,26)27)17(2)30(22)14-11-18-7-5-4-6-8-18/h9-10,15,18H,4-8,11-14H2,1-3H3,(H,28,31). The molecule has 3 rings (SSSR count). The van der Waals surface area contributed by atoms with Crippen LogP contribution in [0.3, 0.4) is 0 Å². The summed E-state index contributed by atoms with van der Waals surface area (Å²) >= 11 is 6.14. The van der Waals surface area contributed by atoms with E-state index < -0.39 is 18.3 Å². The summed E-state index contributed by atoms with van der Waals surface area (Å²) in [6.45, 7) is 5.39. The number of hydrogen-bond acceptors (Lipinski definition) is 2. The number of carbonyl (C=O) groups excluding carboxylic acids is 1. The van der Waals surface area contributed by atoms with Crippen molar-refractivity contribution in [1.29, 1.82) is 0 Å². The summed E-state index contributed by atoms with van der Waals surface area (Å²) in [7, 11) is 0. The van der Waals surface area contributed by atoms with E-state index in [9.17, 15) is 13.6 Å². The van der Waals surface area contributed by atoms with Gasteiger partial charge in [0.1, 0.15) is 11.5 Å². The molecule has 1 fully saturated rings. The Hall–Kier alpha value is -1.95. The Morgan fingerprint density at radius 2 is 1.97 bits per heavy atom. The Labute approximate surface area is 188 Å². The zero-order chi connectivity index (χ0) is 22.6. The summed E-state index contributed by atoms with van der Waals surface area (Å²) in [6, 6.07) is 5.63. The maximum Gasteiger partial charge on any atom is 0.271 e. The van der Waals surface area contributed by atoms with Crippen molar-refractivity contribution in [1.82, 2.24) is 14.9 Å². The van der Waals surface area contributed by atoms with Crippen LogP contribution in [-0.2, 0) is 6.54 Å². The normalized spacial score (nSPS) is 15.3. The van der Waals surface area contributed by atoms with Gasteiger partial charge in [0, 0.05) is 35.8 Å². The lowest BCUT2D eigenvalue weighted by Gasteiger charge is -2.22. The van der Waals surface area contributed by atoms with Crippen LogP contribution in [0.15, 0.2) is 18.2 Å². The highest BCUT2D eigenvalue weighted by atomic mass is 35.5. The average Bonchev–Trinajstić information content (AvgIpc) is 3.02. The lowest BCUT2D eigenvalue weighted by atomic mass is 9.87. The molecule has 1 aliphatic rings. The van der Waals surface area contributed by atoms with Crippen molar-refractivity contribution in [3.63, 3.8) is 0 Å². The van der Waals surface area contributed by atoms with Crippen LogP contribution in [-0.4, -0.2) is 27.9 Å². The number of rotatable bonds is 8. The molecule has 4 nitrogen and oxygen atoms in total. The van der Waals surface area contributed by atoms with Gasteiger partial charge in [-0.1, -0.05) is 43.7 Å². The van der Waals surface area contributed by atoms with Crippen molar-refractivity contribution in [3.8, 4) is 11.4 Å². The van der Waals surface area contributed by atoms with Crippen molar-refractivity contribution in [2.24, 2.45) is 5.92 Å². The Bertz CT molecular complexity index is 914. The maximum absolute atomic E-state index is 13.1. The SMILES string of the molecule is Cc1cc(Cl)ccc1-c1nc(C(=O)NCCC(C)(F)F)c(C)n1CCC1CCCCC1. The molecule has 1 N–H and O–H groups in total. The lowest BCUT2D eigenvalue weighted by molar-refractivity contribution is 0.0137. The highest BCUT2D eigenvalue weighted by molar-refractivity contribution is 6.30. The number of alkyl halides is 2. The van der Waals surface area contributed by atoms with Crippen LogP contribution in [0, 0.1) is 19.8 Å². The maximum atomic E-state index is 13.1. The largest absolute Gasteiger partial charge is 0.350 e. The molecular weight excluding hydrogens is 420 g/mol. The van der Waals surface area contributed by atoms with Gasteiger partial charge in [-0.25, -0.2) is 13.8 Å². The molecule has 0 radical (unpaired) electrons. The first kappa shape index (κ1) is 23.7. The molecule has 1 aromatic heterocycles. The number of benzene rings is 1. The molecule has 0 unspecified atom stereocenters. The van der Waals surface area contributed by atoms with Gasteiger partial charge < -0.3 is 9.88 Å². The van der Waals surface area contributed by atoms with Gasteiger partial charge in [0.25, 0.3) is 5.91 Å². The van der Waals surface area contributed by atoms with Gasteiger partial charge in [-0.15, -0.1) is 0 Å². The number of aromatic nitrogens is 2. The van der Waals surface area contributed by atoms with Crippen LogP contribution in [0.2, 0.25) is 5.02 Å². The molecule has 0 spiro atoms. The van der Waals surface area contributed by atoms with Gasteiger partial charge >= 0.3 is 0 Å². The fourth-order valence-electron chi connectivity index (χ4n) is 4.37. The Kier molecular flexibility index (Phi) is 7.73. The quantitative estimate of drug-likeness (QED) is 0.493. The van der Waals surface area contributed by atoms with E-state index in [0.717, 1.165) is 42.5 Å². The van der Waals surface area contributed by atoms with Crippen molar-refractivity contribution < 1.29 is 13.6 Å². The molecule has 0 bridgehead atoms. The summed E-state index contributed by atoms with van der Waals surface area (Å²) in [4.78, 5) is 17.4. The Morgan fingerprint density at radius 3 is 2.61 bits per heavy atom. The molecule has 1 aromatic carbocycles. The van der Waals surface area contributed by atoms with Crippen LogP contribution < -0.4 is 5.32 Å². The van der Waals surface area contributed by atoms with Crippen molar-refractivity contribution in [3.05, 3.63) is 40.2 Å². The zero-order valence-electron chi connectivity index (χ0n) is 18.6. The second-order valence-electron chi connectivity index (χ2n) is 8.85. The third-order valence-corrected chi connectivity index (χ3v) is 6.44. The first-order chi connectivity index (χ1) is 14.7. The summed E-state index contributed by atoms with van der Waals surface area (Å²) in [5, 5.41) is 3.25. The van der Waals surface area contributed by atoms with Crippen LogP contribution in [0.1, 0.15) is 73.6 Å². The second-order valence-corrected chi connectivity index (χ2v) is 9.29. The summed E-state index contributed by atoms with van der Waals surface area (Å²) in [5.41, 5.74) is 2.97. The highest BCUT2D eigenvalue weighted by Crippen LogP contribution is 2.31. The number of hydrogen-bond donors (Lipinski definition) is 1. The third kappa shape index (κ3) is 6.28. The predicted octanol–water partition coefficient (Wildman–Crippen LogP) is 6.57. The minimum absolute atomic E-state index is 0.0913. The number of nitrogens with one attached hydrogen (secondary N) is 1. The van der Waals surface area contributed by atoms with E-state index in [4.69, 9.17) is 11.6 Å². The number of imidazole rings is 1. The van der Waals surface area contributed by atoms with Crippen molar-refractivity contribution in [2.45, 2.75) is 78.2 Å². The molecule has 1 amide bonds. The van der Waals surface area contributed by atoms with Gasteiger partial charge in [0.2, 0.25) is 5.92 Å². The number of amides is 1. The van der Waals surface area contributed by atoms with Crippen molar-refractivity contribution in [2.75, 3.05) is 6.54 Å². The topological polar surface area (TPSA) is 46.9 Å². The molecule has 0 atom stereocenters. The zero-order valence-corrected chi connectivity index (χ0v) is 19.4. The summed E-state index contributed by atoms with van der Waals surface area (Å²) in [6.07, 6.45) is 7.03. The fourth-order valence-corrected chi connectivity index (χ4v) is 4.60. The number of nitrogens with zero attached hydrogens (tertiary/aromatic N) is 2. The Balaban J connectivity index is 1.87. The molecule has 31 heavy (non-hydrogen) atoms. The molecule has 1 aliphatic carbocycles. The first-order valence-corrected chi connectivity index (χ1v) is 11.5. The minimum Gasteiger partial charge on any atom is -0.350 e. The van der Waals surface area contributed by atoms with E-state index in [-0.39, 0.29) is 6.54 Å². The predicted molar refractivity (Wildman–Crippen MR) is 121 cm³/mol. The van der Waals surface area contributed by atoms with E-state index in [1.807, 2.05) is 32.0 Å². The number of carbonyl (C=O) groups is 1. The molecule has 2 aromatic rings. The molecule has 7 heteroatoms. The third-order valence-electron chi connectivity index (χ3n) is 6.20. The van der Waals surface area contributed by atoms with Crippen LogP contribution in [0.4, 0.5) is 8.78 Å². The van der Waals surface area contributed by atoms with E-state index in [2.05, 4.69) is 14.9 Å². The van der Waals surface area contributed by atoms with E-state index >= 15 is 0 Å². The second kappa shape index (κ2) is 10.1. The van der Waals surface area contributed by atoms with Crippen molar-refractivity contribution >= 4 is 17.5 Å². The van der Waals surface area contributed by atoms with E-state index in [1.165, 1.54) is 32.1 Å². The van der Waals surface area contributed by atoms with Crippen LogP contribution in [0.25, 0.3) is 11.4 Å². The molecule has 0 saturated heterocycles. The molecule has 170 valence electrons. The Morgan fingerprint density at radius 1 is 1.26 bits per heavy atom.